The molecule has 96 valence electrons. The van der Waals surface area contributed by atoms with E-state index in [9.17, 15) is 4.79 Å². The van der Waals surface area contributed by atoms with Gasteiger partial charge in [0.15, 0.2) is 0 Å². The van der Waals surface area contributed by atoms with E-state index >= 15 is 0 Å². The second-order valence-electron chi connectivity index (χ2n) is 4.25. The Hall–Kier alpha value is -2.24. The lowest BCUT2D eigenvalue weighted by atomic mass is 10.3. The van der Waals surface area contributed by atoms with E-state index in [0.717, 1.165) is 0 Å². The number of carbonyl (C=O) groups excluding carboxylic acids is 1. The van der Waals surface area contributed by atoms with Crippen LogP contribution in [-0.2, 0) is 6.54 Å². The molecule has 0 unspecified atom stereocenters. The highest BCUT2D eigenvalue weighted by Gasteiger charge is 2.16. The van der Waals surface area contributed by atoms with Crippen molar-refractivity contribution in [1.29, 1.82) is 0 Å². The van der Waals surface area contributed by atoms with Gasteiger partial charge < -0.3 is 15.5 Å². The molecule has 0 aliphatic rings. The maximum Gasteiger partial charge on any atom is 0.270 e. The molecule has 2 aromatic heterocycles. The van der Waals surface area contributed by atoms with Crippen molar-refractivity contribution in [3.8, 4) is 0 Å². The summed E-state index contributed by atoms with van der Waals surface area (Å²) in [6.07, 6.45) is 1.57. The number of hydrogen-bond acceptors (Lipinski definition) is 4. The molecule has 6 heteroatoms. The quantitative estimate of drug-likeness (QED) is 0.859. The van der Waals surface area contributed by atoms with E-state index in [0.29, 0.717) is 23.8 Å². The molecule has 0 bridgehead atoms. The van der Waals surface area contributed by atoms with Gasteiger partial charge in [-0.15, -0.1) is 0 Å². The number of furan rings is 1. The van der Waals surface area contributed by atoms with Crippen molar-refractivity contribution in [3.05, 3.63) is 35.9 Å². The summed E-state index contributed by atoms with van der Waals surface area (Å²) in [7, 11) is 0. The Bertz CT molecular complexity index is 528. The molecule has 0 radical (unpaired) electrons. The molecule has 0 saturated heterocycles. The van der Waals surface area contributed by atoms with E-state index in [4.69, 9.17) is 10.2 Å². The maximum atomic E-state index is 12.0. The number of nitrogens with zero attached hydrogens (tertiary/aromatic N) is 2. The molecular weight excluding hydrogens is 232 g/mol. The second kappa shape index (κ2) is 4.95. The van der Waals surface area contributed by atoms with Crippen molar-refractivity contribution >= 4 is 11.7 Å². The van der Waals surface area contributed by atoms with Crippen LogP contribution in [0.5, 0.6) is 0 Å². The van der Waals surface area contributed by atoms with Crippen LogP contribution in [0.4, 0.5) is 5.82 Å². The Labute approximate surface area is 105 Å². The highest BCUT2D eigenvalue weighted by atomic mass is 16.3. The minimum atomic E-state index is -0.218. The Kier molecular flexibility index (Phi) is 3.36. The summed E-state index contributed by atoms with van der Waals surface area (Å²) in [6, 6.07) is 5.22. The first-order chi connectivity index (χ1) is 8.58. The van der Waals surface area contributed by atoms with Gasteiger partial charge in [0.25, 0.3) is 5.91 Å². The number of nitrogens with two attached hydrogens (primary N) is 1. The van der Waals surface area contributed by atoms with Crippen molar-refractivity contribution < 1.29 is 9.21 Å². The van der Waals surface area contributed by atoms with Crippen molar-refractivity contribution in [1.82, 2.24) is 15.1 Å². The van der Waals surface area contributed by atoms with Crippen LogP contribution in [0.15, 0.2) is 28.9 Å². The largest absolute Gasteiger partial charge is 0.467 e. The number of anilines is 1. The number of amides is 1. The van der Waals surface area contributed by atoms with E-state index in [1.54, 1.807) is 29.1 Å². The van der Waals surface area contributed by atoms with Crippen LogP contribution in [0.3, 0.4) is 0 Å². The van der Waals surface area contributed by atoms with E-state index in [1.165, 1.54) is 0 Å². The van der Waals surface area contributed by atoms with Crippen LogP contribution in [0.25, 0.3) is 0 Å². The number of nitrogens with one attached hydrogen (secondary N) is 1. The number of nitrogen functional groups attached to an aromatic ring is 1. The second-order valence-corrected chi connectivity index (χ2v) is 4.25. The summed E-state index contributed by atoms with van der Waals surface area (Å²) >= 11 is 0. The van der Waals surface area contributed by atoms with Gasteiger partial charge >= 0.3 is 0 Å². The van der Waals surface area contributed by atoms with Gasteiger partial charge in [0.2, 0.25) is 0 Å². The molecule has 0 fully saturated rings. The van der Waals surface area contributed by atoms with Crippen molar-refractivity contribution in [2.45, 2.75) is 26.4 Å². The molecule has 0 aromatic carbocycles. The van der Waals surface area contributed by atoms with Crippen LogP contribution in [0.2, 0.25) is 0 Å². The van der Waals surface area contributed by atoms with Gasteiger partial charge in [-0.25, -0.2) is 0 Å². The zero-order valence-electron chi connectivity index (χ0n) is 10.4. The highest BCUT2D eigenvalue weighted by Crippen LogP contribution is 2.12. The highest BCUT2D eigenvalue weighted by molar-refractivity contribution is 5.93. The number of aromatic nitrogens is 2. The van der Waals surface area contributed by atoms with Gasteiger partial charge in [0.1, 0.15) is 17.3 Å². The number of rotatable bonds is 4. The summed E-state index contributed by atoms with van der Waals surface area (Å²) in [4.78, 5) is 12.0. The monoisotopic (exact) mass is 248 g/mol. The van der Waals surface area contributed by atoms with Crippen molar-refractivity contribution in [3.63, 3.8) is 0 Å². The molecule has 18 heavy (non-hydrogen) atoms. The zero-order valence-corrected chi connectivity index (χ0v) is 10.4. The van der Waals surface area contributed by atoms with Gasteiger partial charge in [-0.2, -0.15) is 5.10 Å². The van der Waals surface area contributed by atoms with Gasteiger partial charge in [-0.05, 0) is 26.0 Å². The van der Waals surface area contributed by atoms with Gasteiger partial charge in [0.05, 0.1) is 12.8 Å². The van der Waals surface area contributed by atoms with Crippen LogP contribution in [0, 0.1) is 0 Å². The van der Waals surface area contributed by atoms with E-state index in [2.05, 4.69) is 10.4 Å². The Balaban J connectivity index is 2.09. The molecule has 0 saturated carbocycles. The van der Waals surface area contributed by atoms with Gasteiger partial charge in [-0.1, -0.05) is 0 Å². The third-order valence-corrected chi connectivity index (χ3v) is 2.48. The Morgan fingerprint density at radius 2 is 2.39 bits per heavy atom. The third kappa shape index (κ3) is 2.53. The van der Waals surface area contributed by atoms with Gasteiger partial charge in [-0.3, -0.25) is 9.48 Å². The smallest absolute Gasteiger partial charge is 0.270 e. The maximum absolute atomic E-state index is 12.0. The lowest BCUT2D eigenvalue weighted by Crippen LogP contribution is -2.26. The molecule has 0 aliphatic heterocycles. The normalized spacial score (nSPS) is 10.8. The van der Waals surface area contributed by atoms with E-state index < -0.39 is 0 Å². The van der Waals surface area contributed by atoms with Crippen molar-refractivity contribution in [2.75, 3.05) is 5.73 Å². The molecule has 6 nitrogen and oxygen atoms in total. The molecule has 0 spiro atoms. The molecule has 0 atom stereocenters. The predicted molar refractivity (Wildman–Crippen MR) is 66.9 cm³/mol. The van der Waals surface area contributed by atoms with Crippen LogP contribution in [0.1, 0.15) is 36.1 Å². The summed E-state index contributed by atoms with van der Waals surface area (Å²) < 4.78 is 6.74. The van der Waals surface area contributed by atoms with E-state index in [1.807, 2.05) is 13.8 Å². The summed E-state index contributed by atoms with van der Waals surface area (Å²) in [5.74, 6) is 0.822. The average molecular weight is 248 g/mol. The lowest BCUT2D eigenvalue weighted by molar-refractivity contribution is 0.0935. The topological polar surface area (TPSA) is 86.1 Å². The standard InChI is InChI=1S/C12H16N4O2/c1-8(2)16-10(6-11(13)15-16)12(17)14-7-9-4-3-5-18-9/h3-6,8H,7H2,1-2H3,(H2,13,15)(H,14,17). The zero-order chi connectivity index (χ0) is 13.1. The summed E-state index contributed by atoms with van der Waals surface area (Å²) in [5, 5.41) is 6.85. The molecule has 1 amide bonds. The lowest BCUT2D eigenvalue weighted by Gasteiger charge is -2.10. The molecule has 2 heterocycles. The van der Waals surface area contributed by atoms with Crippen LogP contribution < -0.4 is 11.1 Å². The number of carbonyl (C=O) groups is 1. The van der Waals surface area contributed by atoms with Crippen molar-refractivity contribution in [2.24, 2.45) is 0 Å². The molecule has 0 aliphatic carbocycles. The van der Waals surface area contributed by atoms with Gasteiger partial charge in [0, 0.05) is 12.1 Å². The molecular formula is C12H16N4O2. The minimum absolute atomic E-state index is 0.0756. The SMILES string of the molecule is CC(C)n1nc(N)cc1C(=O)NCc1ccco1. The Morgan fingerprint density at radius 3 is 3.00 bits per heavy atom. The first kappa shape index (κ1) is 12.2. The predicted octanol–water partition coefficient (Wildman–Crippen LogP) is 1.57. The fourth-order valence-electron chi connectivity index (χ4n) is 1.65. The minimum Gasteiger partial charge on any atom is -0.467 e. The van der Waals surface area contributed by atoms with Crippen LogP contribution >= 0.6 is 0 Å². The fourth-order valence-corrected chi connectivity index (χ4v) is 1.65. The fraction of sp³-hybridized carbons (Fsp3) is 0.333. The first-order valence-corrected chi connectivity index (χ1v) is 5.73. The summed E-state index contributed by atoms with van der Waals surface area (Å²) in [6.45, 7) is 4.22. The first-order valence-electron chi connectivity index (χ1n) is 5.73. The van der Waals surface area contributed by atoms with Crippen LogP contribution in [-0.4, -0.2) is 15.7 Å². The molecule has 2 rings (SSSR count). The summed E-state index contributed by atoms with van der Waals surface area (Å²) in [5.41, 5.74) is 6.07. The molecule has 3 N–H and O–H groups in total. The molecule has 2 aromatic rings. The third-order valence-electron chi connectivity index (χ3n) is 2.48. The number of hydrogen-bond donors (Lipinski definition) is 2. The van der Waals surface area contributed by atoms with E-state index in [-0.39, 0.29) is 11.9 Å². The average Bonchev–Trinajstić information content (AvgIpc) is 2.94. The Morgan fingerprint density at radius 1 is 1.61 bits per heavy atom.